The van der Waals surface area contributed by atoms with Gasteiger partial charge in [0.1, 0.15) is 25.6 Å². The molecule has 31 heavy (non-hydrogen) atoms. The minimum Gasteiger partial charge on any atom is -0.488 e. The minimum absolute atomic E-state index is 0.000313. The van der Waals surface area contributed by atoms with Crippen molar-refractivity contribution >= 4 is 41.3 Å². The highest BCUT2D eigenvalue weighted by Crippen LogP contribution is 2.32. The molecule has 2 aliphatic rings. The molecule has 0 bridgehead atoms. The molecule has 2 heterocycles. The van der Waals surface area contributed by atoms with Crippen molar-refractivity contribution in [2.75, 3.05) is 31.7 Å². The lowest BCUT2D eigenvalue weighted by molar-refractivity contribution is -0.144. The molecule has 10 heteroatoms. The smallest absolute Gasteiger partial charge is 0.338 e. The molecule has 0 saturated carbocycles. The summed E-state index contributed by atoms with van der Waals surface area (Å²) in [6, 6.07) is 9.09. The first-order valence-corrected chi connectivity index (χ1v) is 9.66. The fraction of sp³-hybridized carbons (Fsp3) is 0.190. The zero-order chi connectivity index (χ0) is 21.8. The second kappa shape index (κ2) is 8.97. The van der Waals surface area contributed by atoms with Gasteiger partial charge in [0.25, 0.3) is 5.91 Å². The molecule has 9 nitrogen and oxygen atoms in total. The van der Waals surface area contributed by atoms with E-state index in [0.29, 0.717) is 46.7 Å². The molecule has 0 aromatic heterocycles. The van der Waals surface area contributed by atoms with Crippen LogP contribution >= 0.6 is 11.6 Å². The summed E-state index contributed by atoms with van der Waals surface area (Å²) in [6.45, 7) is 0.232. The Morgan fingerprint density at radius 3 is 2.58 bits per heavy atom. The fourth-order valence-corrected chi connectivity index (χ4v) is 3.12. The maximum atomic E-state index is 12.2. The highest BCUT2D eigenvalue weighted by atomic mass is 35.5. The number of rotatable bonds is 4. The molecule has 0 spiro atoms. The van der Waals surface area contributed by atoms with Gasteiger partial charge in [-0.25, -0.2) is 9.59 Å². The van der Waals surface area contributed by atoms with E-state index in [1.807, 2.05) is 0 Å². The van der Waals surface area contributed by atoms with Crippen LogP contribution in [0.5, 0.6) is 17.2 Å². The van der Waals surface area contributed by atoms with Gasteiger partial charge in [-0.3, -0.25) is 10.1 Å². The molecule has 160 valence electrons. The van der Waals surface area contributed by atoms with Crippen molar-refractivity contribution in [3.8, 4) is 17.2 Å². The number of amides is 3. The van der Waals surface area contributed by atoms with Crippen molar-refractivity contribution in [2.24, 2.45) is 0 Å². The molecular formula is C21H17ClN2O7. The molecule has 0 atom stereocenters. The first-order chi connectivity index (χ1) is 15.0. The Morgan fingerprint density at radius 2 is 1.74 bits per heavy atom. The van der Waals surface area contributed by atoms with E-state index in [1.165, 1.54) is 0 Å². The molecule has 2 aromatic carbocycles. The SMILES string of the molecule is O=C(COC(=O)C1=Cc2cc(Cl)ccc2OC1)NC(=O)Nc1ccc2c(c1)OCCO2. The van der Waals surface area contributed by atoms with E-state index in [0.717, 1.165) is 0 Å². The lowest BCUT2D eigenvalue weighted by Gasteiger charge is -2.19. The van der Waals surface area contributed by atoms with E-state index in [4.69, 9.17) is 30.5 Å². The van der Waals surface area contributed by atoms with E-state index in [-0.39, 0.29) is 12.2 Å². The number of carbonyl (C=O) groups is 3. The van der Waals surface area contributed by atoms with Gasteiger partial charge in [0, 0.05) is 22.3 Å². The lowest BCUT2D eigenvalue weighted by Crippen LogP contribution is -2.37. The highest BCUT2D eigenvalue weighted by Gasteiger charge is 2.20. The van der Waals surface area contributed by atoms with Crippen LogP contribution in [0.3, 0.4) is 0 Å². The quantitative estimate of drug-likeness (QED) is 0.697. The maximum Gasteiger partial charge on any atom is 0.338 e. The van der Waals surface area contributed by atoms with Gasteiger partial charge in [0.05, 0.1) is 5.57 Å². The van der Waals surface area contributed by atoms with Gasteiger partial charge in [0.15, 0.2) is 18.1 Å². The molecule has 2 aliphatic heterocycles. The van der Waals surface area contributed by atoms with Crippen molar-refractivity contribution in [3.05, 3.63) is 52.6 Å². The van der Waals surface area contributed by atoms with Gasteiger partial charge < -0.3 is 24.3 Å². The first kappa shape index (κ1) is 20.5. The largest absolute Gasteiger partial charge is 0.488 e. The van der Waals surface area contributed by atoms with Gasteiger partial charge in [0.2, 0.25) is 0 Å². The van der Waals surface area contributed by atoms with Crippen molar-refractivity contribution in [1.29, 1.82) is 0 Å². The number of imide groups is 1. The maximum absolute atomic E-state index is 12.2. The zero-order valence-corrected chi connectivity index (χ0v) is 16.9. The number of fused-ring (bicyclic) bond motifs is 2. The molecule has 0 radical (unpaired) electrons. The third-order valence-corrected chi connectivity index (χ3v) is 4.57. The Labute approximate surface area is 181 Å². The summed E-state index contributed by atoms with van der Waals surface area (Å²) in [4.78, 5) is 36.2. The Kier molecular flexibility index (Phi) is 5.94. The summed E-state index contributed by atoms with van der Waals surface area (Å²) in [5, 5.41) is 5.08. The minimum atomic E-state index is -0.788. The number of anilines is 1. The summed E-state index contributed by atoms with van der Waals surface area (Å²) in [6.07, 6.45) is 1.58. The molecule has 0 fully saturated rings. The second-order valence-electron chi connectivity index (χ2n) is 6.58. The Morgan fingerprint density at radius 1 is 0.968 bits per heavy atom. The van der Waals surface area contributed by atoms with Gasteiger partial charge in [-0.05, 0) is 36.4 Å². The van der Waals surface area contributed by atoms with Crippen LogP contribution in [0.25, 0.3) is 6.08 Å². The summed E-state index contributed by atoms with van der Waals surface area (Å²) >= 11 is 5.94. The fourth-order valence-electron chi connectivity index (χ4n) is 2.94. The number of urea groups is 1. The number of benzene rings is 2. The topological polar surface area (TPSA) is 112 Å². The zero-order valence-electron chi connectivity index (χ0n) is 16.1. The summed E-state index contributed by atoms with van der Waals surface area (Å²) < 4.78 is 21.3. The van der Waals surface area contributed by atoms with Crippen molar-refractivity contribution < 1.29 is 33.3 Å². The van der Waals surface area contributed by atoms with E-state index in [1.54, 1.807) is 42.5 Å². The normalized spacial score (nSPS) is 13.8. The third kappa shape index (κ3) is 5.07. The second-order valence-corrected chi connectivity index (χ2v) is 7.01. The average molecular weight is 445 g/mol. The molecule has 2 N–H and O–H groups in total. The molecular weight excluding hydrogens is 428 g/mol. The number of esters is 1. The number of nitrogens with one attached hydrogen (secondary N) is 2. The van der Waals surface area contributed by atoms with E-state index in [2.05, 4.69) is 10.6 Å². The molecule has 4 rings (SSSR count). The Hall–Kier alpha value is -3.72. The predicted molar refractivity (Wildman–Crippen MR) is 110 cm³/mol. The lowest BCUT2D eigenvalue weighted by atomic mass is 10.1. The van der Waals surface area contributed by atoms with Gasteiger partial charge in [-0.1, -0.05) is 11.6 Å². The number of hydrogen-bond donors (Lipinski definition) is 2. The van der Waals surface area contributed by atoms with Gasteiger partial charge >= 0.3 is 12.0 Å². The van der Waals surface area contributed by atoms with Crippen LogP contribution < -0.4 is 24.8 Å². The van der Waals surface area contributed by atoms with Crippen molar-refractivity contribution in [2.45, 2.75) is 0 Å². The molecule has 3 amide bonds. The summed E-state index contributed by atoms with van der Waals surface area (Å²) in [5.41, 5.74) is 1.27. The van der Waals surface area contributed by atoms with Crippen LogP contribution in [-0.2, 0) is 14.3 Å². The summed E-state index contributed by atoms with van der Waals surface area (Å²) in [7, 11) is 0. The van der Waals surface area contributed by atoms with Crippen LogP contribution in [0.15, 0.2) is 42.0 Å². The van der Waals surface area contributed by atoms with Crippen molar-refractivity contribution in [1.82, 2.24) is 5.32 Å². The number of ether oxygens (including phenoxy) is 4. The molecule has 0 saturated heterocycles. The number of hydrogen-bond acceptors (Lipinski definition) is 7. The van der Waals surface area contributed by atoms with Gasteiger partial charge in [-0.15, -0.1) is 0 Å². The van der Waals surface area contributed by atoms with Crippen molar-refractivity contribution in [3.63, 3.8) is 0 Å². The number of halogens is 1. The Bertz CT molecular complexity index is 1080. The molecule has 0 aliphatic carbocycles. The predicted octanol–water partition coefficient (Wildman–Crippen LogP) is 2.78. The van der Waals surface area contributed by atoms with E-state index < -0.39 is 24.5 Å². The van der Waals surface area contributed by atoms with E-state index >= 15 is 0 Å². The van der Waals surface area contributed by atoms with Crippen LogP contribution in [-0.4, -0.2) is 44.3 Å². The highest BCUT2D eigenvalue weighted by molar-refractivity contribution is 6.30. The monoisotopic (exact) mass is 444 g/mol. The van der Waals surface area contributed by atoms with Gasteiger partial charge in [-0.2, -0.15) is 0 Å². The molecule has 2 aromatic rings. The third-order valence-electron chi connectivity index (χ3n) is 4.33. The number of carbonyl (C=O) groups excluding carboxylic acids is 3. The molecule has 0 unspecified atom stereocenters. The van der Waals surface area contributed by atoms with Crippen LogP contribution in [0, 0.1) is 0 Å². The Balaban J connectivity index is 1.27. The standard InChI is InChI=1S/C21H17ClN2O7/c22-14-1-3-16-12(8-14)7-13(10-30-16)20(26)31-11-19(25)24-21(27)23-15-2-4-17-18(9-15)29-6-5-28-17/h1-4,7-9H,5-6,10-11H2,(H2,23,24,25,27). The van der Waals surface area contributed by atoms with E-state index in [9.17, 15) is 14.4 Å². The summed E-state index contributed by atoms with van der Waals surface area (Å²) in [5.74, 6) is 0.146. The van der Waals surface area contributed by atoms with Crippen LogP contribution in [0.2, 0.25) is 5.02 Å². The first-order valence-electron chi connectivity index (χ1n) is 9.28. The average Bonchev–Trinajstić information content (AvgIpc) is 2.76. The van der Waals surface area contributed by atoms with Crippen LogP contribution in [0.1, 0.15) is 5.56 Å². The van der Waals surface area contributed by atoms with Crippen LogP contribution in [0.4, 0.5) is 10.5 Å².